The van der Waals surface area contributed by atoms with Crippen LogP contribution in [0.4, 0.5) is 5.82 Å². The molecule has 2 fully saturated rings. The van der Waals surface area contributed by atoms with Crippen molar-refractivity contribution in [1.82, 2.24) is 14.9 Å². The predicted octanol–water partition coefficient (Wildman–Crippen LogP) is 1.68. The Hall–Kier alpha value is -2.47. The number of likely N-dealkylation sites (tertiary alicyclic amines) is 1. The number of anilines is 1. The lowest BCUT2D eigenvalue weighted by atomic mass is 9.93. The topological polar surface area (TPSA) is 67.4 Å². The summed E-state index contributed by atoms with van der Waals surface area (Å²) in [5.74, 6) is 1.62. The molecule has 4 heterocycles. The Morgan fingerprint density at radius 1 is 1.17 bits per heavy atom. The molecule has 1 amide bonds. The molecule has 6 heteroatoms. The largest absolute Gasteiger partial charge is 0.376 e. The Bertz CT molecular complexity index is 695. The predicted molar refractivity (Wildman–Crippen MR) is 89.6 cm³/mol. The molecule has 0 radical (unpaired) electrons. The van der Waals surface area contributed by atoms with E-state index in [1.54, 1.807) is 18.5 Å². The normalized spacial score (nSPS) is 25.5. The van der Waals surface area contributed by atoms with E-state index in [9.17, 15) is 4.79 Å². The van der Waals surface area contributed by atoms with Gasteiger partial charge in [-0.1, -0.05) is 12.1 Å². The van der Waals surface area contributed by atoms with E-state index in [1.165, 1.54) is 0 Å². The molecule has 0 aliphatic carbocycles. The number of aromatic nitrogens is 2. The van der Waals surface area contributed by atoms with E-state index in [1.807, 2.05) is 35.2 Å². The quantitative estimate of drug-likeness (QED) is 0.927. The van der Waals surface area contributed by atoms with Gasteiger partial charge in [0, 0.05) is 43.9 Å². The van der Waals surface area contributed by atoms with Crippen molar-refractivity contribution in [3.8, 4) is 0 Å². The first-order valence-electron chi connectivity index (χ1n) is 8.28. The van der Waals surface area contributed by atoms with Crippen LogP contribution in [0.25, 0.3) is 0 Å². The van der Waals surface area contributed by atoms with Gasteiger partial charge in [0.1, 0.15) is 11.5 Å². The SMILES string of the molecule is O=C(c1ccccn1)N1C[C@@H]2[C@@H](CNc3ccccn3)CO[C@@H]2C1. The van der Waals surface area contributed by atoms with Crippen LogP contribution >= 0.6 is 0 Å². The summed E-state index contributed by atoms with van der Waals surface area (Å²) in [4.78, 5) is 22.9. The van der Waals surface area contributed by atoms with Gasteiger partial charge in [0.05, 0.1) is 12.7 Å². The van der Waals surface area contributed by atoms with E-state index in [0.717, 1.165) is 25.5 Å². The fourth-order valence-corrected chi connectivity index (χ4v) is 3.53. The van der Waals surface area contributed by atoms with Crippen molar-refractivity contribution in [3.05, 3.63) is 54.5 Å². The average Bonchev–Trinajstić information content (AvgIpc) is 3.22. The second-order valence-electron chi connectivity index (χ2n) is 6.32. The van der Waals surface area contributed by atoms with Gasteiger partial charge >= 0.3 is 0 Å². The number of amides is 1. The van der Waals surface area contributed by atoms with Crippen LogP contribution in [0.1, 0.15) is 10.5 Å². The Balaban J connectivity index is 1.37. The minimum absolute atomic E-state index is 0.00923. The number of fused-ring (bicyclic) bond motifs is 1. The fourth-order valence-electron chi connectivity index (χ4n) is 3.53. The van der Waals surface area contributed by atoms with Crippen molar-refractivity contribution in [2.45, 2.75) is 6.10 Å². The summed E-state index contributed by atoms with van der Waals surface area (Å²) in [7, 11) is 0. The molecule has 3 atom stereocenters. The molecule has 0 aromatic carbocycles. The lowest BCUT2D eigenvalue weighted by molar-refractivity contribution is 0.0675. The zero-order chi connectivity index (χ0) is 16.4. The number of pyridine rings is 2. The van der Waals surface area contributed by atoms with E-state index in [4.69, 9.17) is 4.74 Å². The average molecular weight is 324 g/mol. The maximum atomic E-state index is 12.5. The first-order chi connectivity index (χ1) is 11.8. The van der Waals surface area contributed by atoms with Gasteiger partial charge in [0.25, 0.3) is 5.91 Å². The Morgan fingerprint density at radius 3 is 2.75 bits per heavy atom. The zero-order valence-electron chi connectivity index (χ0n) is 13.3. The van der Waals surface area contributed by atoms with E-state index >= 15 is 0 Å². The molecule has 1 N–H and O–H groups in total. The number of nitrogens with zero attached hydrogens (tertiary/aromatic N) is 3. The van der Waals surface area contributed by atoms with E-state index < -0.39 is 0 Å². The second kappa shape index (κ2) is 6.57. The molecule has 0 saturated carbocycles. The van der Waals surface area contributed by atoms with Gasteiger partial charge < -0.3 is 15.0 Å². The summed E-state index contributed by atoms with van der Waals surface area (Å²) in [6.45, 7) is 2.93. The highest BCUT2D eigenvalue weighted by Crippen LogP contribution is 2.34. The molecule has 0 bridgehead atoms. The Labute approximate surface area is 140 Å². The van der Waals surface area contributed by atoms with Crippen LogP contribution in [0.5, 0.6) is 0 Å². The number of carbonyl (C=O) groups is 1. The lowest BCUT2D eigenvalue weighted by Gasteiger charge is -2.20. The molecule has 2 aliphatic rings. The minimum Gasteiger partial charge on any atom is -0.376 e. The van der Waals surface area contributed by atoms with Gasteiger partial charge in [0.15, 0.2) is 0 Å². The van der Waals surface area contributed by atoms with Crippen molar-refractivity contribution < 1.29 is 9.53 Å². The first kappa shape index (κ1) is 15.1. The van der Waals surface area contributed by atoms with Crippen LogP contribution in [0, 0.1) is 11.8 Å². The van der Waals surface area contributed by atoms with Gasteiger partial charge in [-0.05, 0) is 24.3 Å². The smallest absolute Gasteiger partial charge is 0.272 e. The van der Waals surface area contributed by atoms with Crippen molar-refractivity contribution >= 4 is 11.7 Å². The third-order valence-corrected chi connectivity index (χ3v) is 4.82. The minimum atomic E-state index is -0.00923. The summed E-state index contributed by atoms with van der Waals surface area (Å²) >= 11 is 0. The number of hydrogen-bond donors (Lipinski definition) is 1. The summed E-state index contributed by atoms with van der Waals surface area (Å²) in [5, 5.41) is 3.37. The molecule has 2 aliphatic heterocycles. The highest BCUT2D eigenvalue weighted by molar-refractivity contribution is 5.92. The zero-order valence-corrected chi connectivity index (χ0v) is 13.3. The van der Waals surface area contributed by atoms with Crippen LogP contribution < -0.4 is 5.32 Å². The highest BCUT2D eigenvalue weighted by Gasteiger charge is 2.45. The van der Waals surface area contributed by atoms with Gasteiger partial charge in [-0.2, -0.15) is 0 Å². The van der Waals surface area contributed by atoms with E-state index in [-0.39, 0.29) is 12.0 Å². The monoisotopic (exact) mass is 324 g/mol. The molecule has 2 aromatic rings. The molecule has 0 spiro atoms. The van der Waals surface area contributed by atoms with Crippen LogP contribution in [0.3, 0.4) is 0 Å². The number of hydrogen-bond acceptors (Lipinski definition) is 5. The second-order valence-corrected chi connectivity index (χ2v) is 6.32. The molecular weight excluding hydrogens is 304 g/mol. The molecule has 6 nitrogen and oxygen atoms in total. The van der Waals surface area contributed by atoms with Gasteiger partial charge in [-0.3, -0.25) is 9.78 Å². The van der Waals surface area contributed by atoms with Crippen LogP contribution in [-0.2, 0) is 4.74 Å². The Kier molecular flexibility index (Phi) is 4.13. The van der Waals surface area contributed by atoms with Crippen molar-refractivity contribution in [2.24, 2.45) is 11.8 Å². The molecule has 124 valence electrons. The fraction of sp³-hybridized carbons (Fsp3) is 0.389. The van der Waals surface area contributed by atoms with Crippen LogP contribution in [0.15, 0.2) is 48.8 Å². The summed E-state index contributed by atoms with van der Waals surface area (Å²) < 4.78 is 5.92. The first-order valence-corrected chi connectivity index (χ1v) is 8.28. The summed E-state index contributed by atoms with van der Waals surface area (Å²) in [5.41, 5.74) is 0.501. The van der Waals surface area contributed by atoms with Crippen molar-refractivity contribution in [1.29, 1.82) is 0 Å². The lowest BCUT2D eigenvalue weighted by Crippen LogP contribution is -2.32. The number of carbonyl (C=O) groups excluding carboxylic acids is 1. The number of rotatable bonds is 4. The summed E-state index contributed by atoms with van der Waals surface area (Å²) in [6, 6.07) is 11.2. The highest BCUT2D eigenvalue weighted by atomic mass is 16.5. The number of ether oxygens (including phenoxy) is 1. The maximum Gasteiger partial charge on any atom is 0.272 e. The molecule has 2 aromatic heterocycles. The maximum absolute atomic E-state index is 12.5. The van der Waals surface area contributed by atoms with Gasteiger partial charge in [0.2, 0.25) is 0 Å². The van der Waals surface area contributed by atoms with Crippen LogP contribution in [-0.4, -0.2) is 53.1 Å². The molecule has 4 rings (SSSR count). The van der Waals surface area contributed by atoms with Gasteiger partial charge in [-0.15, -0.1) is 0 Å². The van der Waals surface area contributed by atoms with Crippen molar-refractivity contribution in [3.63, 3.8) is 0 Å². The molecular formula is C18H20N4O2. The standard InChI is InChI=1S/C18H20N4O2/c23-18(15-5-1-3-7-19-15)22-10-14-13(12-24-16(14)11-22)9-21-17-6-2-4-8-20-17/h1-8,13-14,16H,9-12H2,(H,20,21)/t13-,14+,16+/m0/s1. The van der Waals surface area contributed by atoms with E-state index in [2.05, 4.69) is 15.3 Å². The third-order valence-electron chi connectivity index (χ3n) is 4.82. The van der Waals surface area contributed by atoms with Crippen LogP contribution in [0.2, 0.25) is 0 Å². The summed E-state index contributed by atoms with van der Waals surface area (Å²) in [6.07, 6.45) is 3.56. The molecule has 2 saturated heterocycles. The molecule has 24 heavy (non-hydrogen) atoms. The molecule has 0 unspecified atom stereocenters. The van der Waals surface area contributed by atoms with E-state index in [0.29, 0.717) is 24.1 Å². The van der Waals surface area contributed by atoms with Crippen molar-refractivity contribution in [2.75, 3.05) is 31.6 Å². The number of nitrogens with one attached hydrogen (secondary N) is 1. The third kappa shape index (κ3) is 2.97. The Morgan fingerprint density at radius 2 is 2.00 bits per heavy atom. The van der Waals surface area contributed by atoms with Gasteiger partial charge in [-0.25, -0.2) is 4.98 Å².